The molecule has 2 aromatic heterocycles. The fourth-order valence-corrected chi connectivity index (χ4v) is 3.40. The van der Waals surface area contributed by atoms with Crippen molar-refractivity contribution in [3.8, 4) is 16.3 Å². The van der Waals surface area contributed by atoms with Gasteiger partial charge in [-0.05, 0) is 36.9 Å². The Labute approximate surface area is 121 Å². The van der Waals surface area contributed by atoms with Crippen LogP contribution < -0.4 is 5.32 Å². The highest BCUT2D eigenvalue weighted by Crippen LogP contribution is 2.36. The first kappa shape index (κ1) is 11.7. The Kier molecular flexibility index (Phi) is 2.63. The lowest BCUT2D eigenvalue weighted by atomic mass is 10.2. The van der Waals surface area contributed by atoms with Crippen molar-refractivity contribution in [2.45, 2.75) is 13.3 Å². The van der Waals surface area contributed by atoms with Crippen LogP contribution in [0.15, 0.2) is 41.8 Å². The maximum atomic E-state index is 4.84. The fourth-order valence-electron chi connectivity index (χ4n) is 2.66. The minimum absolute atomic E-state index is 0.997. The van der Waals surface area contributed by atoms with E-state index in [0.717, 1.165) is 30.2 Å². The molecule has 1 N–H and O–H groups in total. The van der Waals surface area contributed by atoms with E-state index in [1.165, 1.54) is 16.0 Å². The number of nitrogens with zero attached hydrogens (tertiary/aromatic N) is 2. The lowest BCUT2D eigenvalue weighted by molar-refractivity contribution is 0.883. The van der Waals surface area contributed by atoms with Crippen LogP contribution in [-0.4, -0.2) is 16.3 Å². The van der Waals surface area contributed by atoms with Gasteiger partial charge in [-0.15, -0.1) is 11.3 Å². The number of aromatic nitrogens is 2. The van der Waals surface area contributed by atoms with Crippen molar-refractivity contribution in [2.24, 2.45) is 0 Å². The smallest absolute Gasteiger partial charge is 0.133 e. The minimum Gasteiger partial charge on any atom is -0.369 e. The van der Waals surface area contributed by atoms with Crippen molar-refractivity contribution in [1.29, 1.82) is 0 Å². The van der Waals surface area contributed by atoms with Crippen molar-refractivity contribution in [1.82, 2.24) is 9.78 Å². The molecule has 0 spiro atoms. The normalized spacial score (nSPS) is 13.2. The zero-order valence-electron chi connectivity index (χ0n) is 11.3. The van der Waals surface area contributed by atoms with Gasteiger partial charge in [0.1, 0.15) is 11.5 Å². The molecule has 0 radical (unpaired) electrons. The Balaban J connectivity index is 1.89. The monoisotopic (exact) mass is 281 g/mol. The standard InChI is InChI=1S/C16H15N3S/c1-11-4-6-12(7-5-11)19-16-13(8-9-17-16)15(18-19)14-3-2-10-20-14/h2-7,10,17H,8-9H2,1H3. The van der Waals surface area contributed by atoms with Crippen molar-refractivity contribution < 1.29 is 0 Å². The first-order valence-corrected chi connectivity index (χ1v) is 7.67. The highest BCUT2D eigenvalue weighted by Gasteiger charge is 2.24. The Morgan fingerprint density at radius 3 is 2.80 bits per heavy atom. The van der Waals surface area contributed by atoms with Gasteiger partial charge in [0.05, 0.1) is 10.6 Å². The predicted molar refractivity (Wildman–Crippen MR) is 83.8 cm³/mol. The molecule has 0 fully saturated rings. The number of rotatable bonds is 2. The second kappa shape index (κ2) is 4.49. The third-order valence-electron chi connectivity index (χ3n) is 3.68. The Hall–Kier alpha value is -2.07. The molecule has 100 valence electrons. The Bertz CT molecular complexity index is 739. The van der Waals surface area contributed by atoms with Crippen molar-refractivity contribution in [3.63, 3.8) is 0 Å². The fraction of sp³-hybridized carbons (Fsp3) is 0.188. The van der Waals surface area contributed by atoms with Gasteiger partial charge >= 0.3 is 0 Å². The van der Waals surface area contributed by atoms with E-state index in [2.05, 4.69) is 54.0 Å². The molecule has 1 aliphatic rings. The molecule has 20 heavy (non-hydrogen) atoms. The van der Waals surface area contributed by atoms with Gasteiger partial charge in [-0.3, -0.25) is 0 Å². The molecule has 0 atom stereocenters. The zero-order chi connectivity index (χ0) is 13.5. The predicted octanol–water partition coefficient (Wildman–Crippen LogP) is 3.88. The Morgan fingerprint density at radius 1 is 1.20 bits per heavy atom. The SMILES string of the molecule is Cc1ccc(-n2nc(-c3cccs3)c3c2NCC3)cc1. The van der Waals surface area contributed by atoms with Crippen LogP contribution in [0.1, 0.15) is 11.1 Å². The number of fused-ring (bicyclic) bond motifs is 1. The van der Waals surface area contributed by atoms with Gasteiger partial charge in [-0.25, -0.2) is 4.68 Å². The first-order valence-electron chi connectivity index (χ1n) is 6.79. The van der Waals surface area contributed by atoms with E-state index in [9.17, 15) is 0 Å². The average molecular weight is 281 g/mol. The Morgan fingerprint density at radius 2 is 2.05 bits per heavy atom. The van der Waals surface area contributed by atoms with Crippen LogP contribution in [0.3, 0.4) is 0 Å². The number of benzene rings is 1. The number of nitrogens with one attached hydrogen (secondary N) is 1. The van der Waals surface area contributed by atoms with E-state index in [4.69, 9.17) is 5.10 Å². The molecule has 3 aromatic rings. The summed E-state index contributed by atoms with van der Waals surface area (Å²) in [5.74, 6) is 1.15. The number of anilines is 1. The third kappa shape index (κ3) is 1.76. The molecule has 0 unspecified atom stereocenters. The van der Waals surface area contributed by atoms with Gasteiger partial charge in [-0.2, -0.15) is 5.10 Å². The molecule has 4 heteroatoms. The van der Waals surface area contributed by atoms with E-state index < -0.39 is 0 Å². The van der Waals surface area contributed by atoms with Gasteiger partial charge in [0.25, 0.3) is 0 Å². The number of hydrogen-bond donors (Lipinski definition) is 1. The second-order valence-electron chi connectivity index (χ2n) is 5.08. The average Bonchev–Trinajstić information content (AvgIpc) is 3.16. The summed E-state index contributed by atoms with van der Waals surface area (Å²) in [5, 5.41) is 10.4. The molecule has 1 aliphatic heterocycles. The van der Waals surface area contributed by atoms with E-state index in [-0.39, 0.29) is 0 Å². The van der Waals surface area contributed by atoms with Gasteiger partial charge in [0, 0.05) is 12.1 Å². The van der Waals surface area contributed by atoms with Crippen LogP contribution >= 0.6 is 11.3 Å². The number of aryl methyl sites for hydroxylation is 1. The number of thiophene rings is 1. The minimum atomic E-state index is 0.997. The van der Waals surface area contributed by atoms with Crippen molar-refractivity contribution in [3.05, 3.63) is 52.9 Å². The molecule has 0 saturated heterocycles. The summed E-state index contributed by atoms with van der Waals surface area (Å²) in [6.45, 7) is 3.10. The summed E-state index contributed by atoms with van der Waals surface area (Å²) in [7, 11) is 0. The van der Waals surface area contributed by atoms with Gasteiger partial charge < -0.3 is 5.32 Å². The molecule has 1 aromatic carbocycles. The molecule has 0 amide bonds. The first-order chi connectivity index (χ1) is 9.83. The largest absolute Gasteiger partial charge is 0.369 e. The van der Waals surface area contributed by atoms with Gasteiger partial charge in [0.15, 0.2) is 0 Å². The van der Waals surface area contributed by atoms with E-state index in [0.29, 0.717) is 0 Å². The third-order valence-corrected chi connectivity index (χ3v) is 4.56. The summed E-state index contributed by atoms with van der Waals surface area (Å²) >= 11 is 1.75. The molecule has 4 rings (SSSR count). The molecule has 3 heterocycles. The highest BCUT2D eigenvalue weighted by atomic mass is 32.1. The summed E-state index contributed by atoms with van der Waals surface area (Å²) in [5.41, 5.74) is 4.85. The zero-order valence-corrected chi connectivity index (χ0v) is 12.1. The molecular formula is C16H15N3S. The summed E-state index contributed by atoms with van der Waals surface area (Å²) in [4.78, 5) is 1.25. The van der Waals surface area contributed by atoms with Crippen molar-refractivity contribution in [2.75, 3.05) is 11.9 Å². The molecule has 0 aliphatic carbocycles. The quantitative estimate of drug-likeness (QED) is 0.772. The van der Waals surface area contributed by atoms with Crippen LogP contribution in [0.25, 0.3) is 16.3 Å². The van der Waals surface area contributed by atoms with Crippen LogP contribution in [0.2, 0.25) is 0 Å². The maximum absolute atomic E-state index is 4.84. The van der Waals surface area contributed by atoms with Crippen molar-refractivity contribution >= 4 is 17.2 Å². The summed E-state index contributed by atoms with van der Waals surface area (Å²) in [6.07, 6.45) is 1.05. The molecule has 0 saturated carbocycles. The highest BCUT2D eigenvalue weighted by molar-refractivity contribution is 7.13. The van der Waals surface area contributed by atoms with Gasteiger partial charge in [0.2, 0.25) is 0 Å². The molecular weight excluding hydrogens is 266 g/mol. The second-order valence-corrected chi connectivity index (χ2v) is 6.02. The van der Waals surface area contributed by atoms with Crippen LogP contribution in [-0.2, 0) is 6.42 Å². The van der Waals surface area contributed by atoms with Crippen LogP contribution in [0, 0.1) is 6.92 Å². The lowest BCUT2D eigenvalue weighted by Crippen LogP contribution is -2.04. The lowest BCUT2D eigenvalue weighted by Gasteiger charge is -2.06. The van der Waals surface area contributed by atoms with E-state index in [1.807, 2.05) is 4.68 Å². The van der Waals surface area contributed by atoms with Crippen LogP contribution in [0.5, 0.6) is 0 Å². The number of hydrogen-bond acceptors (Lipinski definition) is 3. The topological polar surface area (TPSA) is 29.9 Å². The summed E-state index contributed by atoms with van der Waals surface area (Å²) < 4.78 is 2.04. The van der Waals surface area contributed by atoms with Crippen LogP contribution in [0.4, 0.5) is 5.82 Å². The summed E-state index contributed by atoms with van der Waals surface area (Å²) in [6, 6.07) is 12.7. The molecule has 0 bridgehead atoms. The molecule has 3 nitrogen and oxygen atoms in total. The van der Waals surface area contributed by atoms with Gasteiger partial charge in [-0.1, -0.05) is 23.8 Å². The maximum Gasteiger partial charge on any atom is 0.133 e. The van der Waals surface area contributed by atoms with E-state index >= 15 is 0 Å². The van der Waals surface area contributed by atoms with E-state index in [1.54, 1.807) is 11.3 Å².